The van der Waals surface area contributed by atoms with Crippen molar-refractivity contribution in [1.82, 2.24) is 20.2 Å². The topological polar surface area (TPSA) is 80.9 Å². The molecule has 0 unspecified atom stereocenters. The minimum absolute atomic E-state index is 0.533. The number of hydrogen-bond donors (Lipinski definition) is 1. The fraction of sp³-hybridized carbons (Fsp3) is 0.429. The smallest absolute Gasteiger partial charge is 0.320 e. The molecule has 1 fully saturated rings. The van der Waals surface area contributed by atoms with E-state index in [1.165, 1.54) is 11.8 Å². The second-order valence-corrected chi connectivity index (χ2v) is 6.52. The van der Waals surface area contributed by atoms with Gasteiger partial charge in [0.05, 0.1) is 5.69 Å². The van der Waals surface area contributed by atoms with Crippen LogP contribution in [0.3, 0.4) is 0 Å². The Morgan fingerprint density at radius 1 is 1.19 bits per heavy atom. The molecule has 0 atom stereocenters. The van der Waals surface area contributed by atoms with Crippen LogP contribution >= 0.6 is 11.8 Å². The number of carboxylic acid groups (broad SMARTS) is 1. The first-order chi connectivity index (χ1) is 10.2. The number of thioether (sulfide) groups is 1. The van der Waals surface area contributed by atoms with Gasteiger partial charge in [-0.25, -0.2) is 0 Å². The SMILES string of the molecule is O=C(O)C1(Sc2nnnn2-c2ccccc2)CCCCC1. The third-order valence-electron chi connectivity index (χ3n) is 3.78. The van der Waals surface area contributed by atoms with Crippen molar-refractivity contribution in [2.24, 2.45) is 0 Å². The lowest BCUT2D eigenvalue weighted by atomic mass is 9.88. The van der Waals surface area contributed by atoms with Gasteiger partial charge in [-0.1, -0.05) is 49.2 Å². The summed E-state index contributed by atoms with van der Waals surface area (Å²) in [4.78, 5) is 11.8. The van der Waals surface area contributed by atoms with Gasteiger partial charge < -0.3 is 5.11 Å². The number of rotatable bonds is 4. The zero-order valence-corrected chi connectivity index (χ0v) is 12.3. The van der Waals surface area contributed by atoms with Gasteiger partial charge in [-0.15, -0.1) is 5.10 Å². The molecular formula is C14H16N4O2S. The molecule has 110 valence electrons. The Kier molecular flexibility index (Phi) is 3.92. The van der Waals surface area contributed by atoms with Gasteiger partial charge in [0.1, 0.15) is 4.75 Å². The normalized spacial score (nSPS) is 17.5. The molecule has 1 aliphatic carbocycles. The monoisotopic (exact) mass is 304 g/mol. The third-order valence-corrected chi connectivity index (χ3v) is 5.19. The molecular weight excluding hydrogens is 288 g/mol. The maximum atomic E-state index is 11.8. The first-order valence-electron chi connectivity index (χ1n) is 6.97. The van der Waals surface area contributed by atoms with Gasteiger partial charge >= 0.3 is 5.97 Å². The molecule has 21 heavy (non-hydrogen) atoms. The summed E-state index contributed by atoms with van der Waals surface area (Å²) in [5.74, 6) is -0.769. The average molecular weight is 304 g/mol. The number of benzene rings is 1. The van der Waals surface area contributed by atoms with E-state index in [4.69, 9.17) is 0 Å². The van der Waals surface area contributed by atoms with E-state index in [2.05, 4.69) is 15.5 Å². The molecule has 1 N–H and O–H groups in total. The Balaban J connectivity index is 1.91. The van der Waals surface area contributed by atoms with E-state index in [1.807, 2.05) is 30.3 Å². The summed E-state index contributed by atoms with van der Waals surface area (Å²) in [5.41, 5.74) is 0.835. The van der Waals surface area contributed by atoms with Crippen molar-refractivity contribution < 1.29 is 9.90 Å². The summed E-state index contributed by atoms with van der Waals surface area (Å²) in [6, 6.07) is 9.52. The predicted molar refractivity (Wildman–Crippen MR) is 78.5 cm³/mol. The molecule has 7 heteroatoms. The number of aliphatic carboxylic acids is 1. The van der Waals surface area contributed by atoms with Crippen LogP contribution in [-0.2, 0) is 4.79 Å². The summed E-state index contributed by atoms with van der Waals surface area (Å²) in [6.07, 6.45) is 4.29. The molecule has 0 amide bonds. The lowest BCUT2D eigenvalue weighted by Gasteiger charge is -2.31. The Morgan fingerprint density at radius 2 is 1.90 bits per heavy atom. The number of carbonyl (C=O) groups is 1. The van der Waals surface area contributed by atoms with Crippen LogP contribution in [0, 0.1) is 0 Å². The van der Waals surface area contributed by atoms with Gasteiger partial charge in [0.15, 0.2) is 0 Å². The van der Waals surface area contributed by atoms with E-state index in [1.54, 1.807) is 4.68 Å². The van der Waals surface area contributed by atoms with Crippen LogP contribution in [0.2, 0.25) is 0 Å². The van der Waals surface area contributed by atoms with Gasteiger partial charge in [-0.3, -0.25) is 4.79 Å². The second-order valence-electron chi connectivity index (χ2n) is 5.17. The highest BCUT2D eigenvalue weighted by molar-refractivity contribution is 8.01. The summed E-state index contributed by atoms with van der Waals surface area (Å²) in [5, 5.41) is 21.9. The minimum atomic E-state index is -0.806. The molecule has 1 aromatic heterocycles. The molecule has 6 nitrogen and oxygen atoms in total. The molecule has 0 spiro atoms. The molecule has 1 aromatic carbocycles. The number of aromatic nitrogens is 4. The van der Waals surface area contributed by atoms with Crippen molar-refractivity contribution in [2.75, 3.05) is 0 Å². The number of tetrazole rings is 1. The fourth-order valence-electron chi connectivity index (χ4n) is 2.63. The average Bonchev–Trinajstić information content (AvgIpc) is 2.97. The summed E-state index contributed by atoms with van der Waals surface area (Å²) >= 11 is 1.28. The van der Waals surface area contributed by atoms with Crippen LogP contribution in [-0.4, -0.2) is 36.0 Å². The van der Waals surface area contributed by atoms with Crippen LogP contribution in [0.25, 0.3) is 5.69 Å². The molecule has 3 rings (SSSR count). The van der Waals surface area contributed by atoms with E-state index in [-0.39, 0.29) is 0 Å². The molecule has 0 aliphatic heterocycles. The van der Waals surface area contributed by atoms with E-state index >= 15 is 0 Å². The predicted octanol–water partition coefficient (Wildman–Crippen LogP) is 2.54. The first-order valence-corrected chi connectivity index (χ1v) is 7.79. The molecule has 1 aliphatic rings. The lowest BCUT2D eigenvalue weighted by molar-refractivity contribution is -0.140. The molecule has 0 radical (unpaired) electrons. The Labute approximate surface area is 126 Å². The standard InChI is InChI=1S/C14H16N4O2S/c19-12(20)14(9-5-2-6-10-14)21-13-15-16-17-18(13)11-7-3-1-4-8-11/h1,3-4,7-8H,2,5-6,9-10H2,(H,19,20). The zero-order valence-electron chi connectivity index (χ0n) is 11.5. The summed E-state index contributed by atoms with van der Waals surface area (Å²) in [6.45, 7) is 0. The van der Waals surface area contributed by atoms with Gasteiger partial charge in [-0.2, -0.15) is 4.68 Å². The van der Waals surface area contributed by atoms with Crippen molar-refractivity contribution in [3.05, 3.63) is 30.3 Å². The molecule has 0 saturated heterocycles. The van der Waals surface area contributed by atoms with E-state index < -0.39 is 10.7 Å². The van der Waals surface area contributed by atoms with Crippen LogP contribution in [0.15, 0.2) is 35.5 Å². The van der Waals surface area contributed by atoms with E-state index in [0.29, 0.717) is 18.0 Å². The molecule has 1 saturated carbocycles. The highest BCUT2D eigenvalue weighted by Gasteiger charge is 2.42. The van der Waals surface area contributed by atoms with Crippen molar-refractivity contribution in [2.45, 2.75) is 42.0 Å². The second kappa shape index (κ2) is 5.85. The summed E-state index contributed by atoms with van der Waals surface area (Å²) < 4.78 is 0.795. The number of carboxylic acids is 1. The Bertz CT molecular complexity index is 623. The van der Waals surface area contributed by atoms with Gasteiger partial charge in [0, 0.05) is 0 Å². The highest BCUT2D eigenvalue weighted by atomic mass is 32.2. The Hall–Kier alpha value is -1.89. The third kappa shape index (κ3) is 2.78. The van der Waals surface area contributed by atoms with Crippen molar-refractivity contribution >= 4 is 17.7 Å². The molecule has 2 aromatic rings. The molecule has 0 bridgehead atoms. The van der Waals surface area contributed by atoms with Crippen molar-refractivity contribution in [3.8, 4) is 5.69 Å². The lowest BCUT2D eigenvalue weighted by Crippen LogP contribution is -2.37. The van der Waals surface area contributed by atoms with Crippen molar-refractivity contribution in [3.63, 3.8) is 0 Å². The number of para-hydroxylation sites is 1. The van der Waals surface area contributed by atoms with Gasteiger partial charge in [0.25, 0.3) is 0 Å². The van der Waals surface area contributed by atoms with E-state index in [0.717, 1.165) is 24.9 Å². The van der Waals surface area contributed by atoms with Gasteiger partial charge in [0.2, 0.25) is 5.16 Å². The maximum Gasteiger partial charge on any atom is 0.320 e. The van der Waals surface area contributed by atoms with Crippen LogP contribution in [0.4, 0.5) is 0 Å². The van der Waals surface area contributed by atoms with Crippen LogP contribution < -0.4 is 0 Å². The number of nitrogens with zero attached hydrogens (tertiary/aromatic N) is 4. The fourth-order valence-corrected chi connectivity index (χ4v) is 3.87. The summed E-state index contributed by atoms with van der Waals surface area (Å²) in [7, 11) is 0. The zero-order chi connectivity index (χ0) is 14.7. The Morgan fingerprint density at radius 3 is 2.57 bits per heavy atom. The van der Waals surface area contributed by atoms with Crippen LogP contribution in [0.5, 0.6) is 0 Å². The first kappa shape index (κ1) is 14.1. The van der Waals surface area contributed by atoms with E-state index in [9.17, 15) is 9.90 Å². The van der Waals surface area contributed by atoms with Gasteiger partial charge in [-0.05, 0) is 35.4 Å². The van der Waals surface area contributed by atoms with Crippen molar-refractivity contribution in [1.29, 1.82) is 0 Å². The largest absolute Gasteiger partial charge is 0.480 e. The maximum absolute atomic E-state index is 11.8. The number of hydrogen-bond acceptors (Lipinski definition) is 5. The minimum Gasteiger partial charge on any atom is -0.480 e. The quantitative estimate of drug-likeness (QED) is 0.935. The highest BCUT2D eigenvalue weighted by Crippen LogP contribution is 2.43. The van der Waals surface area contributed by atoms with Crippen LogP contribution in [0.1, 0.15) is 32.1 Å². The molecule has 1 heterocycles.